The van der Waals surface area contributed by atoms with Crippen molar-refractivity contribution >= 4 is 33.8 Å². The second-order valence-electron chi connectivity index (χ2n) is 5.40. The highest BCUT2D eigenvalue weighted by Crippen LogP contribution is 2.25. The van der Waals surface area contributed by atoms with E-state index in [2.05, 4.69) is 15.6 Å². The van der Waals surface area contributed by atoms with E-state index in [0.29, 0.717) is 10.8 Å². The zero-order valence-electron chi connectivity index (χ0n) is 13.7. The molecule has 1 aromatic heterocycles. The molecule has 1 amide bonds. The van der Waals surface area contributed by atoms with Gasteiger partial charge in [0.25, 0.3) is 5.69 Å². The number of nitro groups is 1. The smallest absolute Gasteiger partial charge is 0.292 e. The molecule has 0 atom stereocenters. The second kappa shape index (κ2) is 8.21. The van der Waals surface area contributed by atoms with Crippen molar-refractivity contribution in [2.75, 3.05) is 17.2 Å². The molecule has 132 valence electrons. The van der Waals surface area contributed by atoms with Gasteiger partial charge in [-0.25, -0.2) is 4.98 Å². The third kappa shape index (κ3) is 4.42. The summed E-state index contributed by atoms with van der Waals surface area (Å²) in [4.78, 5) is 27.0. The zero-order valence-corrected chi connectivity index (χ0v) is 14.5. The van der Waals surface area contributed by atoms with Crippen LogP contribution in [0.4, 0.5) is 16.5 Å². The highest BCUT2D eigenvalue weighted by atomic mass is 32.1. The van der Waals surface area contributed by atoms with Crippen LogP contribution in [0.2, 0.25) is 0 Å². The van der Waals surface area contributed by atoms with Crippen molar-refractivity contribution in [1.29, 1.82) is 0 Å². The molecule has 0 radical (unpaired) electrons. The van der Waals surface area contributed by atoms with E-state index in [0.717, 1.165) is 11.3 Å². The fraction of sp³-hybridized carbons (Fsp3) is 0.111. The Morgan fingerprint density at radius 2 is 1.85 bits per heavy atom. The van der Waals surface area contributed by atoms with Crippen LogP contribution in [0.15, 0.2) is 60.0 Å². The van der Waals surface area contributed by atoms with Crippen molar-refractivity contribution in [3.05, 3.63) is 70.1 Å². The molecule has 3 aromatic rings. The Morgan fingerprint density at radius 3 is 2.62 bits per heavy atom. The van der Waals surface area contributed by atoms with Gasteiger partial charge in [0.2, 0.25) is 5.91 Å². The van der Waals surface area contributed by atoms with E-state index in [-0.39, 0.29) is 24.6 Å². The molecular formula is C18H16N4O3S. The van der Waals surface area contributed by atoms with Gasteiger partial charge in [0.1, 0.15) is 5.69 Å². The maximum atomic E-state index is 12.0. The Bertz CT molecular complexity index is 912. The number of nitrogens with zero attached hydrogens (tertiary/aromatic N) is 2. The van der Waals surface area contributed by atoms with Crippen LogP contribution in [-0.4, -0.2) is 22.4 Å². The molecule has 26 heavy (non-hydrogen) atoms. The van der Waals surface area contributed by atoms with Crippen LogP contribution in [0.5, 0.6) is 0 Å². The summed E-state index contributed by atoms with van der Waals surface area (Å²) < 4.78 is 0. The van der Waals surface area contributed by atoms with E-state index >= 15 is 0 Å². The first-order chi connectivity index (χ1) is 12.6. The average molecular weight is 368 g/mol. The van der Waals surface area contributed by atoms with Crippen LogP contribution in [-0.2, 0) is 4.79 Å². The summed E-state index contributed by atoms with van der Waals surface area (Å²) >= 11 is 1.36. The maximum absolute atomic E-state index is 12.0. The van der Waals surface area contributed by atoms with Gasteiger partial charge in [-0.1, -0.05) is 42.5 Å². The second-order valence-corrected chi connectivity index (χ2v) is 6.26. The lowest BCUT2D eigenvalue weighted by molar-refractivity contribution is -0.384. The van der Waals surface area contributed by atoms with E-state index in [1.54, 1.807) is 18.2 Å². The fourth-order valence-corrected chi connectivity index (χ4v) is 3.08. The Labute approximate surface area is 153 Å². The summed E-state index contributed by atoms with van der Waals surface area (Å²) in [7, 11) is 0. The minimum Gasteiger partial charge on any atom is -0.379 e. The number of amides is 1. The Morgan fingerprint density at radius 1 is 1.12 bits per heavy atom. The first-order valence-electron chi connectivity index (χ1n) is 7.91. The van der Waals surface area contributed by atoms with Crippen molar-refractivity contribution in [2.24, 2.45) is 0 Å². The zero-order chi connectivity index (χ0) is 18.4. The summed E-state index contributed by atoms with van der Waals surface area (Å²) in [5.41, 5.74) is 2.18. The molecular weight excluding hydrogens is 352 g/mol. The molecule has 0 aliphatic carbocycles. The summed E-state index contributed by atoms with van der Waals surface area (Å²) in [6.07, 6.45) is 0.173. The largest absolute Gasteiger partial charge is 0.379 e. The molecule has 3 rings (SSSR count). The molecule has 0 aliphatic heterocycles. The topological polar surface area (TPSA) is 97.2 Å². The summed E-state index contributed by atoms with van der Waals surface area (Å²) in [6.45, 7) is 0.285. The van der Waals surface area contributed by atoms with Crippen molar-refractivity contribution < 1.29 is 9.72 Å². The van der Waals surface area contributed by atoms with E-state index < -0.39 is 4.92 Å². The minimum absolute atomic E-state index is 0.0136. The third-order valence-electron chi connectivity index (χ3n) is 3.59. The van der Waals surface area contributed by atoms with Crippen LogP contribution in [0.25, 0.3) is 11.3 Å². The number of nitro benzene ring substituents is 1. The Kier molecular flexibility index (Phi) is 5.55. The number of rotatable bonds is 7. The van der Waals surface area contributed by atoms with Gasteiger partial charge in [-0.05, 0) is 6.07 Å². The number of aromatic nitrogens is 1. The van der Waals surface area contributed by atoms with Crippen LogP contribution in [0, 0.1) is 10.1 Å². The van der Waals surface area contributed by atoms with Gasteiger partial charge in [-0.2, -0.15) is 0 Å². The summed E-state index contributed by atoms with van der Waals surface area (Å²) in [6, 6.07) is 16.0. The average Bonchev–Trinajstić information content (AvgIpc) is 3.11. The molecule has 0 saturated heterocycles. The van der Waals surface area contributed by atoms with Gasteiger partial charge < -0.3 is 10.6 Å². The van der Waals surface area contributed by atoms with Crippen LogP contribution < -0.4 is 10.6 Å². The minimum atomic E-state index is -0.455. The van der Waals surface area contributed by atoms with Crippen LogP contribution in [0.3, 0.4) is 0 Å². The number of nitrogens with one attached hydrogen (secondary N) is 2. The molecule has 2 N–H and O–H groups in total. The number of carbonyl (C=O) groups is 1. The number of thiazole rings is 1. The standard InChI is InChI=1S/C18H16N4O3S/c23-17(10-11-19-14-8-4-5-9-16(14)22(24)25)21-18-20-15(12-26-18)13-6-2-1-3-7-13/h1-9,12,19H,10-11H2,(H,20,21,23). The number of hydrogen-bond donors (Lipinski definition) is 2. The Balaban J connectivity index is 1.52. The molecule has 0 aliphatic rings. The van der Waals surface area contributed by atoms with Crippen molar-refractivity contribution in [1.82, 2.24) is 4.98 Å². The lowest BCUT2D eigenvalue weighted by atomic mass is 10.2. The predicted octanol–water partition coefficient (Wildman–Crippen LogP) is 4.16. The molecule has 0 bridgehead atoms. The predicted molar refractivity (Wildman–Crippen MR) is 102 cm³/mol. The van der Waals surface area contributed by atoms with Crippen LogP contribution in [0.1, 0.15) is 6.42 Å². The van der Waals surface area contributed by atoms with Gasteiger partial charge in [0.05, 0.1) is 10.6 Å². The van der Waals surface area contributed by atoms with Gasteiger partial charge in [-0.3, -0.25) is 14.9 Å². The van der Waals surface area contributed by atoms with Gasteiger partial charge in [0.15, 0.2) is 5.13 Å². The first-order valence-corrected chi connectivity index (χ1v) is 8.79. The third-order valence-corrected chi connectivity index (χ3v) is 4.35. The number of para-hydroxylation sites is 2. The van der Waals surface area contributed by atoms with E-state index in [9.17, 15) is 14.9 Å². The van der Waals surface area contributed by atoms with E-state index in [1.807, 2.05) is 35.7 Å². The molecule has 8 heteroatoms. The van der Waals surface area contributed by atoms with Crippen LogP contribution >= 0.6 is 11.3 Å². The van der Waals surface area contributed by atoms with Gasteiger partial charge >= 0.3 is 0 Å². The van der Waals surface area contributed by atoms with E-state index in [4.69, 9.17) is 0 Å². The lowest BCUT2D eigenvalue weighted by Crippen LogP contribution is -2.16. The van der Waals surface area contributed by atoms with Crippen molar-refractivity contribution in [3.63, 3.8) is 0 Å². The molecule has 2 aromatic carbocycles. The maximum Gasteiger partial charge on any atom is 0.292 e. The number of anilines is 2. The van der Waals surface area contributed by atoms with Gasteiger partial charge in [0, 0.05) is 30.0 Å². The lowest BCUT2D eigenvalue weighted by Gasteiger charge is -2.06. The fourth-order valence-electron chi connectivity index (χ4n) is 2.35. The van der Waals surface area contributed by atoms with Crippen molar-refractivity contribution in [3.8, 4) is 11.3 Å². The normalized spacial score (nSPS) is 10.3. The van der Waals surface area contributed by atoms with Crippen molar-refractivity contribution in [2.45, 2.75) is 6.42 Å². The van der Waals surface area contributed by atoms with Gasteiger partial charge in [-0.15, -0.1) is 11.3 Å². The molecule has 0 fully saturated rings. The molecule has 1 heterocycles. The highest BCUT2D eigenvalue weighted by molar-refractivity contribution is 7.14. The monoisotopic (exact) mass is 368 g/mol. The molecule has 0 unspecified atom stereocenters. The summed E-state index contributed by atoms with van der Waals surface area (Å²) in [5.74, 6) is -0.204. The first kappa shape index (κ1) is 17.6. The number of benzene rings is 2. The Hall–Kier alpha value is -3.26. The molecule has 0 saturated carbocycles. The number of carbonyl (C=O) groups excluding carboxylic acids is 1. The summed E-state index contributed by atoms with van der Waals surface area (Å²) in [5, 5.41) is 19.0. The molecule has 7 nitrogen and oxygen atoms in total. The highest BCUT2D eigenvalue weighted by Gasteiger charge is 2.12. The SMILES string of the molecule is O=C(CCNc1ccccc1[N+](=O)[O-])Nc1nc(-c2ccccc2)cs1. The molecule has 0 spiro atoms. The van der Waals surface area contributed by atoms with E-state index in [1.165, 1.54) is 17.4 Å². The quantitative estimate of drug-likeness (QED) is 0.482. The number of hydrogen-bond acceptors (Lipinski definition) is 6.